The molecule has 0 radical (unpaired) electrons. The highest BCUT2D eigenvalue weighted by Crippen LogP contribution is 2.35. The van der Waals surface area contributed by atoms with Crippen molar-refractivity contribution in [2.24, 2.45) is 0 Å². The minimum Gasteiger partial charge on any atom is -0.293 e. The molecule has 0 saturated heterocycles. The summed E-state index contributed by atoms with van der Waals surface area (Å²) >= 11 is 2.03. The fraction of sp³-hybridized carbons (Fsp3) is 0.0667. The molecule has 2 nitrogen and oxygen atoms in total. The molecule has 0 heterocycles. The molecule has 1 aliphatic rings. The van der Waals surface area contributed by atoms with Gasteiger partial charge in [0.2, 0.25) is 0 Å². The van der Waals surface area contributed by atoms with Crippen LogP contribution in [-0.2, 0) is 0 Å². The van der Waals surface area contributed by atoms with Crippen molar-refractivity contribution in [2.75, 3.05) is 0 Å². The molecule has 94 valence electrons. The molecule has 19 heavy (non-hydrogen) atoms. The van der Waals surface area contributed by atoms with Crippen LogP contribution in [-0.4, -0.2) is 11.6 Å². The molecule has 0 aliphatic heterocycles. The highest BCUT2D eigenvalue weighted by atomic mass is 127. The van der Waals surface area contributed by atoms with Crippen molar-refractivity contribution in [3.8, 4) is 0 Å². The molecule has 0 bridgehead atoms. The zero-order chi connectivity index (χ0) is 13.6. The summed E-state index contributed by atoms with van der Waals surface area (Å²) in [5.74, 6) is -2.19. The molecule has 0 fully saturated rings. The molecule has 0 aromatic heterocycles. The van der Waals surface area contributed by atoms with Crippen molar-refractivity contribution in [3.63, 3.8) is 0 Å². The van der Waals surface area contributed by atoms with Gasteiger partial charge in [-0.25, -0.2) is 4.39 Å². The van der Waals surface area contributed by atoms with Crippen molar-refractivity contribution in [3.05, 3.63) is 68.5 Å². The van der Waals surface area contributed by atoms with Crippen LogP contribution < -0.4 is 0 Å². The number of halogens is 2. The number of ketones is 2. The van der Waals surface area contributed by atoms with Gasteiger partial charge in [-0.15, -0.1) is 0 Å². The summed E-state index contributed by atoms with van der Waals surface area (Å²) in [5.41, 5.74) is 0.935. The number of Topliss-reactive ketones (excluding diaryl/α,β-unsaturated/α-hetero) is 2. The van der Waals surface area contributed by atoms with Gasteiger partial charge in [0.1, 0.15) is 11.7 Å². The number of rotatable bonds is 1. The Kier molecular flexibility index (Phi) is 2.97. The van der Waals surface area contributed by atoms with Crippen LogP contribution in [0.2, 0.25) is 0 Å². The van der Waals surface area contributed by atoms with Crippen LogP contribution in [0, 0.1) is 9.39 Å². The first-order valence-electron chi connectivity index (χ1n) is 5.72. The van der Waals surface area contributed by atoms with Gasteiger partial charge in [-0.3, -0.25) is 9.59 Å². The maximum absolute atomic E-state index is 13.9. The molecule has 1 aliphatic carbocycles. The number of hydrogen-bond donors (Lipinski definition) is 0. The Bertz CT molecular complexity index is 674. The maximum Gasteiger partial charge on any atom is 0.178 e. The van der Waals surface area contributed by atoms with Crippen molar-refractivity contribution >= 4 is 34.2 Å². The molecule has 0 atom stereocenters. The van der Waals surface area contributed by atoms with Gasteiger partial charge in [0.15, 0.2) is 11.6 Å². The second-order valence-electron chi connectivity index (χ2n) is 4.37. The van der Waals surface area contributed by atoms with Crippen molar-refractivity contribution in [1.29, 1.82) is 0 Å². The van der Waals surface area contributed by atoms with E-state index in [0.717, 1.165) is 3.57 Å². The van der Waals surface area contributed by atoms with Crippen LogP contribution in [0.3, 0.4) is 0 Å². The van der Waals surface area contributed by atoms with E-state index >= 15 is 0 Å². The molecule has 0 N–H and O–H groups in total. The van der Waals surface area contributed by atoms with Gasteiger partial charge in [-0.1, -0.05) is 24.3 Å². The Labute approximate surface area is 122 Å². The van der Waals surface area contributed by atoms with Gasteiger partial charge in [0.25, 0.3) is 0 Å². The van der Waals surface area contributed by atoms with Gasteiger partial charge >= 0.3 is 0 Å². The third-order valence-corrected chi connectivity index (χ3v) is 3.92. The van der Waals surface area contributed by atoms with Gasteiger partial charge in [0, 0.05) is 20.3 Å². The minimum atomic E-state index is -1.04. The summed E-state index contributed by atoms with van der Waals surface area (Å²) in [6.07, 6.45) is 0. The van der Waals surface area contributed by atoms with Crippen LogP contribution in [0.25, 0.3) is 0 Å². The van der Waals surface area contributed by atoms with E-state index in [9.17, 15) is 14.0 Å². The zero-order valence-electron chi connectivity index (χ0n) is 9.69. The lowest BCUT2D eigenvalue weighted by atomic mass is 9.94. The molecule has 3 rings (SSSR count). The first-order chi connectivity index (χ1) is 9.09. The predicted molar refractivity (Wildman–Crippen MR) is 77.0 cm³/mol. The van der Waals surface area contributed by atoms with Gasteiger partial charge in [0.05, 0.1) is 0 Å². The normalized spacial score (nSPS) is 14.8. The lowest BCUT2D eigenvalue weighted by molar-refractivity contribution is 0.0887. The average molecular weight is 366 g/mol. The average Bonchev–Trinajstić information content (AvgIpc) is 2.66. The summed E-state index contributed by atoms with van der Waals surface area (Å²) < 4.78 is 14.7. The summed E-state index contributed by atoms with van der Waals surface area (Å²) in [7, 11) is 0. The maximum atomic E-state index is 13.9. The highest BCUT2D eigenvalue weighted by Gasteiger charge is 2.40. The van der Waals surface area contributed by atoms with Crippen LogP contribution in [0.4, 0.5) is 4.39 Å². The second-order valence-corrected chi connectivity index (χ2v) is 5.62. The molecule has 2 aromatic carbocycles. The summed E-state index contributed by atoms with van der Waals surface area (Å²) in [4.78, 5) is 24.6. The standard InChI is InChI=1S/C15H8FIO2/c16-12-6-5-8(17)7-11(12)13-14(18)9-3-1-2-4-10(9)15(13)19/h1-7,13H. The molecule has 4 heteroatoms. The Hall–Kier alpha value is -1.56. The lowest BCUT2D eigenvalue weighted by Gasteiger charge is -2.09. The number of carbonyl (C=O) groups excluding carboxylic acids is 2. The Morgan fingerprint density at radius 2 is 1.53 bits per heavy atom. The van der Waals surface area contributed by atoms with Crippen LogP contribution in [0.5, 0.6) is 0 Å². The van der Waals surface area contributed by atoms with Gasteiger partial charge in [-0.2, -0.15) is 0 Å². The molecule has 0 spiro atoms. The van der Waals surface area contributed by atoms with Crippen molar-refractivity contribution in [1.82, 2.24) is 0 Å². The predicted octanol–water partition coefficient (Wildman–Crippen LogP) is 3.59. The smallest absolute Gasteiger partial charge is 0.178 e. The first-order valence-corrected chi connectivity index (χ1v) is 6.80. The topological polar surface area (TPSA) is 34.1 Å². The fourth-order valence-corrected chi connectivity index (χ4v) is 2.88. The van der Waals surface area contributed by atoms with Gasteiger partial charge < -0.3 is 0 Å². The summed E-state index contributed by atoms with van der Waals surface area (Å²) in [6.45, 7) is 0. The molecule has 2 aromatic rings. The quantitative estimate of drug-likeness (QED) is 0.571. The summed E-state index contributed by atoms with van der Waals surface area (Å²) in [6, 6.07) is 11.1. The van der Waals surface area contributed by atoms with E-state index in [2.05, 4.69) is 0 Å². The number of fused-ring (bicyclic) bond motifs is 1. The van der Waals surface area contributed by atoms with Crippen LogP contribution >= 0.6 is 22.6 Å². The van der Waals surface area contributed by atoms with Crippen molar-refractivity contribution < 1.29 is 14.0 Å². The SMILES string of the molecule is O=C1c2ccccc2C(=O)C1c1cc(I)ccc1F. The Balaban J connectivity index is 2.17. The Morgan fingerprint density at radius 1 is 0.947 bits per heavy atom. The molecular formula is C15H8FIO2. The number of carbonyl (C=O) groups is 2. The highest BCUT2D eigenvalue weighted by molar-refractivity contribution is 14.1. The van der Waals surface area contributed by atoms with Crippen LogP contribution in [0.1, 0.15) is 32.2 Å². The van der Waals surface area contributed by atoms with E-state index in [1.807, 2.05) is 22.6 Å². The second kappa shape index (κ2) is 4.52. The molecule has 0 unspecified atom stereocenters. The molecule has 0 amide bonds. The first kappa shape index (κ1) is 12.5. The van der Waals surface area contributed by atoms with E-state index < -0.39 is 11.7 Å². The third kappa shape index (κ3) is 1.90. The lowest BCUT2D eigenvalue weighted by Crippen LogP contribution is -2.14. The fourth-order valence-electron chi connectivity index (χ4n) is 2.36. The van der Waals surface area contributed by atoms with E-state index in [1.54, 1.807) is 36.4 Å². The Morgan fingerprint density at radius 3 is 2.11 bits per heavy atom. The largest absolute Gasteiger partial charge is 0.293 e. The van der Waals surface area contributed by atoms with E-state index in [4.69, 9.17) is 0 Å². The van der Waals surface area contributed by atoms with E-state index in [1.165, 1.54) is 6.07 Å². The summed E-state index contributed by atoms with van der Waals surface area (Å²) in [5, 5.41) is 0. The van der Waals surface area contributed by atoms with E-state index in [0.29, 0.717) is 11.1 Å². The van der Waals surface area contributed by atoms with Crippen LogP contribution in [0.15, 0.2) is 42.5 Å². The van der Waals surface area contributed by atoms with Crippen molar-refractivity contribution in [2.45, 2.75) is 5.92 Å². The third-order valence-electron chi connectivity index (χ3n) is 3.25. The molecule has 0 saturated carbocycles. The monoisotopic (exact) mass is 366 g/mol. The number of hydrogen-bond acceptors (Lipinski definition) is 2. The van der Waals surface area contributed by atoms with E-state index in [-0.39, 0.29) is 17.1 Å². The number of benzene rings is 2. The molecular weight excluding hydrogens is 358 g/mol. The van der Waals surface area contributed by atoms with Gasteiger partial charge in [-0.05, 0) is 40.8 Å². The minimum absolute atomic E-state index is 0.165. The zero-order valence-corrected chi connectivity index (χ0v) is 11.8.